The highest BCUT2D eigenvalue weighted by Gasteiger charge is 2.34. The first kappa shape index (κ1) is 15.0. The number of rotatable bonds is 3. The second kappa shape index (κ2) is 6.36. The lowest BCUT2D eigenvalue weighted by atomic mass is 9.85. The minimum atomic E-state index is -0.990. The van der Waals surface area contributed by atoms with Gasteiger partial charge in [0.25, 0.3) is 0 Å². The van der Waals surface area contributed by atoms with Crippen LogP contribution in [0.15, 0.2) is 22.7 Å². The largest absolute Gasteiger partial charge is 0.385 e. The molecule has 1 aromatic carbocycles. The fourth-order valence-corrected chi connectivity index (χ4v) is 3.58. The molecule has 3 heteroatoms. The molecule has 1 aliphatic rings. The van der Waals surface area contributed by atoms with Gasteiger partial charge in [0.15, 0.2) is 0 Å². The van der Waals surface area contributed by atoms with Crippen molar-refractivity contribution in [3.8, 4) is 0 Å². The lowest BCUT2D eigenvalue weighted by molar-refractivity contribution is 0.0161. The maximum Gasteiger partial charge on any atom is 0.129 e. The Kier molecular flexibility index (Phi) is 5.02. The number of benzene rings is 1. The smallest absolute Gasteiger partial charge is 0.129 e. The second-order valence-corrected chi connectivity index (χ2v) is 6.66. The molecule has 0 aliphatic heterocycles. The SMILES string of the molecule is CCCC1CCCC(O)(c2cc(Br)ccc2F)CC1. The van der Waals surface area contributed by atoms with Crippen molar-refractivity contribution in [2.24, 2.45) is 5.92 Å². The van der Waals surface area contributed by atoms with E-state index in [2.05, 4.69) is 22.9 Å². The monoisotopic (exact) mass is 328 g/mol. The van der Waals surface area contributed by atoms with Crippen molar-refractivity contribution in [2.45, 2.75) is 57.5 Å². The highest BCUT2D eigenvalue weighted by atomic mass is 79.9. The van der Waals surface area contributed by atoms with Crippen molar-refractivity contribution in [3.63, 3.8) is 0 Å². The molecule has 0 aromatic heterocycles. The predicted octanol–water partition coefficient (Wildman–Crippen LogP) is 5.16. The highest BCUT2D eigenvalue weighted by molar-refractivity contribution is 9.10. The summed E-state index contributed by atoms with van der Waals surface area (Å²) >= 11 is 3.37. The number of aliphatic hydroxyl groups is 1. The van der Waals surface area contributed by atoms with Gasteiger partial charge in [0.05, 0.1) is 5.60 Å². The van der Waals surface area contributed by atoms with Crippen LogP contribution in [0.25, 0.3) is 0 Å². The number of halogens is 2. The van der Waals surface area contributed by atoms with E-state index in [4.69, 9.17) is 0 Å². The zero-order valence-corrected chi connectivity index (χ0v) is 13.0. The third-order valence-electron chi connectivity index (χ3n) is 4.30. The van der Waals surface area contributed by atoms with Crippen molar-refractivity contribution in [3.05, 3.63) is 34.1 Å². The van der Waals surface area contributed by atoms with Gasteiger partial charge in [-0.05, 0) is 49.8 Å². The third-order valence-corrected chi connectivity index (χ3v) is 4.79. The van der Waals surface area contributed by atoms with Crippen molar-refractivity contribution >= 4 is 15.9 Å². The van der Waals surface area contributed by atoms with Crippen molar-refractivity contribution < 1.29 is 9.50 Å². The van der Waals surface area contributed by atoms with Gasteiger partial charge in [0, 0.05) is 10.0 Å². The van der Waals surface area contributed by atoms with Gasteiger partial charge in [-0.1, -0.05) is 42.1 Å². The van der Waals surface area contributed by atoms with Gasteiger partial charge >= 0.3 is 0 Å². The van der Waals surface area contributed by atoms with Gasteiger partial charge < -0.3 is 5.11 Å². The zero-order valence-electron chi connectivity index (χ0n) is 11.5. The van der Waals surface area contributed by atoms with Crippen LogP contribution in [0.3, 0.4) is 0 Å². The Hall–Kier alpha value is -0.410. The topological polar surface area (TPSA) is 20.2 Å². The quantitative estimate of drug-likeness (QED) is 0.760. The fourth-order valence-electron chi connectivity index (χ4n) is 3.22. The third kappa shape index (κ3) is 3.57. The van der Waals surface area contributed by atoms with Crippen LogP contribution in [0.4, 0.5) is 4.39 Å². The van der Waals surface area contributed by atoms with E-state index < -0.39 is 5.60 Å². The van der Waals surface area contributed by atoms with Crippen LogP contribution in [0.5, 0.6) is 0 Å². The molecule has 1 aliphatic carbocycles. The Morgan fingerprint density at radius 2 is 2.16 bits per heavy atom. The number of hydrogen-bond donors (Lipinski definition) is 1. The van der Waals surface area contributed by atoms with Gasteiger partial charge in [0.1, 0.15) is 5.82 Å². The zero-order chi connectivity index (χ0) is 13.9. The fraction of sp³-hybridized carbons (Fsp3) is 0.625. The second-order valence-electron chi connectivity index (χ2n) is 5.74. The van der Waals surface area contributed by atoms with Crippen molar-refractivity contribution in [2.75, 3.05) is 0 Å². The van der Waals surface area contributed by atoms with E-state index in [1.54, 1.807) is 12.1 Å². The molecule has 0 radical (unpaired) electrons. The van der Waals surface area contributed by atoms with Crippen LogP contribution in [0, 0.1) is 11.7 Å². The van der Waals surface area contributed by atoms with Gasteiger partial charge in [-0.25, -0.2) is 4.39 Å². The average molecular weight is 329 g/mol. The first-order chi connectivity index (χ1) is 9.05. The van der Waals surface area contributed by atoms with Gasteiger partial charge in [-0.2, -0.15) is 0 Å². The lowest BCUT2D eigenvalue weighted by Crippen LogP contribution is -2.26. The summed E-state index contributed by atoms with van der Waals surface area (Å²) in [6.45, 7) is 2.20. The maximum absolute atomic E-state index is 14.0. The summed E-state index contributed by atoms with van der Waals surface area (Å²) in [5.74, 6) is 0.397. The molecule has 1 saturated carbocycles. The lowest BCUT2D eigenvalue weighted by Gasteiger charge is -2.28. The normalized spacial score (nSPS) is 28.1. The standard InChI is InChI=1S/C16H22BrFO/c1-2-4-12-5-3-9-16(19,10-8-12)14-11-13(17)6-7-15(14)18/h6-7,11-12,19H,2-5,8-10H2,1H3. The first-order valence-corrected chi connectivity index (χ1v) is 8.02. The molecule has 0 spiro atoms. The molecule has 1 nitrogen and oxygen atoms in total. The van der Waals surface area contributed by atoms with Crippen LogP contribution in [0.1, 0.15) is 57.4 Å². The van der Waals surface area contributed by atoms with Crippen LogP contribution in [0.2, 0.25) is 0 Å². The molecule has 2 atom stereocenters. The average Bonchev–Trinajstić information content (AvgIpc) is 2.56. The summed E-state index contributed by atoms with van der Waals surface area (Å²) < 4.78 is 14.8. The van der Waals surface area contributed by atoms with Crippen LogP contribution >= 0.6 is 15.9 Å². The summed E-state index contributed by atoms with van der Waals surface area (Å²) in [6.07, 6.45) is 6.88. The molecule has 0 amide bonds. The Morgan fingerprint density at radius 3 is 2.89 bits per heavy atom. The van der Waals surface area contributed by atoms with E-state index >= 15 is 0 Å². The molecular formula is C16H22BrFO. The van der Waals surface area contributed by atoms with Gasteiger partial charge in [-0.3, -0.25) is 0 Å². The van der Waals surface area contributed by atoms with Crippen LogP contribution in [-0.4, -0.2) is 5.11 Å². The maximum atomic E-state index is 14.0. The van der Waals surface area contributed by atoms with Gasteiger partial charge in [0.2, 0.25) is 0 Å². The van der Waals surface area contributed by atoms with E-state index in [0.717, 1.165) is 23.7 Å². The molecule has 0 bridgehead atoms. The molecule has 19 heavy (non-hydrogen) atoms. The minimum absolute atomic E-state index is 0.292. The van der Waals surface area contributed by atoms with E-state index in [-0.39, 0.29) is 5.82 Å². The Bertz CT molecular complexity index is 435. The van der Waals surface area contributed by atoms with E-state index in [1.165, 1.54) is 18.9 Å². The Labute approximate surface area is 123 Å². The van der Waals surface area contributed by atoms with Crippen LogP contribution < -0.4 is 0 Å². The molecule has 2 unspecified atom stereocenters. The van der Waals surface area contributed by atoms with Gasteiger partial charge in [-0.15, -0.1) is 0 Å². The predicted molar refractivity (Wildman–Crippen MR) is 79.5 cm³/mol. The Balaban J connectivity index is 2.20. The molecule has 1 N–H and O–H groups in total. The van der Waals surface area contributed by atoms with E-state index in [9.17, 15) is 9.50 Å². The van der Waals surface area contributed by atoms with Crippen molar-refractivity contribution in [1.29, 1.82) is 0 Å². The Morgan fingerprint density at radius 1 is 1.37 bits per heavy atom. The molecule has 0 saturated heterocycles. The minimum Gasteiger partial charge on any atom is -0.385 e. The molecule has 106 valence electrons. The molecule has 0 heterocycles. The summed E-state index contributed by atoms with van der Waals surface area (Å²) in [6, 6.07) is 4.85. The van der Waals surface area contributed by atoms with E-state index in [1.807, 2.05) is 0 Å². The molecule has 1 fully saturated rings. The summed E-state index contributed by atoms with van der Waals surface area (Å²) in [5.41, 5.74) is -0.532. The summed E-state index contributed by atoms with van der Waals surface area (Å²) in [7, 11) is 0. The molecular weight excluding hydrogens is 307 g/mol. The number of hydrogen-bond acceptors (Lipinski definition) is 1. The van der Waals surface area contributed by atoms with Crippen molar-refractivity contribution in [1.82, 2.24) is 0 Å². The van der Waals surface area contributed by atoms with Crippen LogP contribution in [-0.2, 0) is 5.60 Å². The molecule has 1 aromatic rings. The summed E-state index contributed by atoms with van der Waals surface area (Å²) in [5, 5.41) is 10.9. The summed E-state index contributed by atoms with van der Waals surface area (Å²) in [4.78, 5) is 0. The van der Waals surface area contributed by atoms with E-state index in [0.29, 0.717) is 24.3 Å². The first-order valence-electron chi connectivity index (χ1n) is 7.23. The highest BCUT2D eigenvalue weighted by Crippen LogP contribution is 2.40. The molecule has 2 rings (SSSR count).